The van der Waals surface area contributed by atoms with Crippen molar-refractivity contribution in [3.05, 3.63) is 0 Å². The van der Waals surface area contributed by atoms with E-state index in [2.05, 4.69) is 34.7 Å². The molecule has 0 bridgehead atoms. The van der Waals surface area contributed by atoms with Crippen LogP contribution in [0.1, 0.15) is 32.6 Å². The van der Waals surface area contributed by atoms with Crippen molar-refractivity contribution in [3.63, 3.8) is 0 Å². The summed E-state index contributed by atoms with van der Waals surface area (Å²) in [5.74, 6) is -0.267. The van der Waals surface area contributed by atoms with Crippen molar-refractivity contribution < 1.29 is 9.59 Å². The van der Waals surface area contributed by atoms with Crippen molar-refractivity contribution in [3.8, 4) is 0 Å². The van der Waals surface area contributed by atoms with Gasteiger partial charge in [0.2, 0.25) is 5.91 Å². The average molecular weight is 252 g/mol. The van der Waals surface area contributed by atoms with Gasteiger partial charge in [-0.3, -0.25) is 9.59 Å². The zero-order valence-electron chi connectivity index (χ0n) is 10.9. The molecule has 0 aromatic carbocycles. The van der Waals surface area contributed by atoms with E-state index < -0.39 is 0 Å². The first-order valence-electron chi connectivity index (χ1n) is 6.42. The molecule has 1 fully saturated rings. The van der Waals surface area contributed by atoms with Crippen molar-refractivity contribution in [2.24, 2.45) is 5.10 Å². The van der Waals surface area contributed by atoms with Crippen LogP contribution < -0.4 is 10.7 Å². The molecule has 0 spiro atoms. The molecule has 2 amide bonds. The first-order valence-corrected chi connectivity index (χ1v) is 6.42. The van der Waals surface area contributed by atoms with E-state index in [4.69, 9.17) is 0 Å². The molecule has 0 aliphatic carbocycles. The fourth-order valence-electron chi connectivity index (χ4n) is 2.33. The van der Waals surface area contributed by atoms with E-state index in [1.54, 1.807) is 0 Å². The van der Waals surface area contributed by atoms with Gasteiger partial charge in [-0.2, -0.15) is 5.10 Å². The lowest BCUT2D eigenvalue weighted by Gasteiger charge is -2.35. The van der Waals surface area contributed by atoms with Gasteiger partial charge in [0, 0.05) is 31.5 Å². The van der Waals surface area contributed by atoms with Crippen LogP contribution in [0.2, 0.25) is 0 Å². The molecular weight excluding hydrogens is 232 g/mol. The fourth-order valence-corrected chi connectivity index (χ4v) is 2.33. The van der Waals surface area contributed by atoms with Gasteiger partial charge in [-0.05, 0) is 26.8 Å². The number of hydrogen-bond acceptors (Lipinski definition) is 4. The Hall–Kier alpha value is -1.43. The molecule has 0 aromatic heterocycles. The smallest absolute Gasteiger partial charge is 0.267 e. The molecule has 2 unspecified atom stereocenters. The summed E-state index contributed by atoms with van der Waals surface area (Å²) in [5.41, 5.74) is 2.78. The van der Waals surface area contributed by atoms with Gasteiger partial charge in [-0.25, -0.2) is 5.43 Å². The molecular formula is C12H20N4O2. The Morgan fingerprint density at radius 3 is 2.89 bits per heavy atom. The summed E-state index contributed by atoms with van der Waals surface area (Å²) in [6.07, 6.45) is 2.70. The summed E-state index contributed by atoms with van der Waals surface area (Å²) in [6, 6.07) is 0.695. The predicted octanol–water partition coefficient (Wildman–Crippen LogP) is -0.149. The monoisotopic (exact) mass is 252 g/mol. The number of carbonyl (C=O) groups is 2. The van der Waals surface area contributed by atoms with Gasteiger partial charge >= 0.3 is 0 Å². The minimum absolute atomic E-state index is 0.125. The second-order valence-electron chi connectivity index (χ2n) is 5.12. The molecule has 0 radical (unpaired) electrons. The number of rotatable bonds is 2. The van der Waals surface area contributed by atoms with Crippen LogP contribution in [-0.2, 0) is 9.59 Å². The first kappa shape index (κ1) is 13.0. The van der Waals surface area contributed by atoms with Crippen LogP contribution in [0, 0.1) is 0 Å². The van der Waals surface area contributed by atoms with Crippen molar-refractivity contribution in [1.29, 1.82) is 0 Å². The Bertz CT molecular complexity index is 380. The van der Waals surface area contributed by atoms with E-state index in [0.717, 1.165) is 19.4 Å². The highest BCUT2D eigenvalue weighted by Gasteiger charge is 2.26. The van der Waals surface area contributed by atoms with Crippen LogP contribution in [0.15, 0.2) is 5.10 Å². The van der Waals surface area contributed by atoms with Crippen LogP contribution in [0.5, 0.6) is 0 Å². The highest BCUT2D eigenvalue weighted by Crippen LogP contribution is 2.15. The topological polar surface area (TPSA) is 73.8 Å². The van der Waals surface area contributed by atoms with Crippen molar-refractivity contribution in [2.75, 3.05) is 13.6 Å². The molecule has 6 heteroatoms. The van der Waals surface area contributed by atoms with Crippen LogP contribution >= 0.6 is 0 Å². The maximum atomic E-state index is 12.0. The summed E-state index contributed by atoms with van der Waals surface area (Å²) in [4.78, 5) is 25.2. The number of likely N-dealkylation sites (tertiary alicyclic amines) is 1. The molecule has 2 atom stereocenters. The quantitative estimate of drug-likeness (QED) is 0.718. The van der Waals surface area contributed by atoms with E-state index in [9.17, 15) is 9.59 Å². The summed E-state index contributed by atoms with van der Waals surface area (Å²) < 4.78 is 0. The van der Waals surface area contributed by atoms with Gasteiger partial charge in [0.15, 0.2) is 0 Å². The number of nitrogens with one attached hydrogen (secondary N) is 2. The zero-order chi connectivity index (χ0) is 13.1. The predicted molar refractivity (Wildman–Crippen MR) is 68.1 cm³/mol. The van der Waals surface area contributed by atoms with E-state index in [1.165, 1.54) is 0 Å². The molecule has 100 valence electrons. The molecule has 0 aromatic rings. The molecule has 2 N–H and O–H groups in total. The van der Waals surface area contributed by atoms with Crippen molar-refractivity contribution >= 4 is 17.5 Å². The highest BCUT2D eigenvalue weighted by atomic mass is 16.2. The largest absolute Gasteiger partial charge is 0.348 e. The van der Waals surface area contributed by atoms with Gasteiger partial charge in [-0.15, -0.1) is 0 Å². The SMILES string of the molecule is CC1CC(NC(=O)C2=NNC(=O)CC2)CCN1C. The van der Waals surface area contributed by atoms with Gasteiger partial charge in [0.05, 0.1) is 0 Å². The van der Waals surface area contributed by atoms with Gasteiger partial charge < -0.3 is 10.2 Å². The lowest BCUT2D eigenvalue weighted by molar-refractivity contribution is -0.121. The molecule has 2 aliphatic rings. The molecule has 1 saturated heterocycles. The van der Waals surface area contributed by atoms with Gasteiger partial charge in [-0.1, -0.05) is 0 Å². The van der Waals surface area contributed by atoms with Gasteiger partial charge in [0.25, 0.3) is 5.91 Å². The van der Waals surface area contributed by atoms with E-state index in [-0.39, 0.29) is 17.9 Å². The Labute approximate surface area is 107 Å². The molecule has 2 heterocycles. The Morgan fingerprint density at radius 2 is 2.28 bits per heavy atom. The lowest BCUT2D eigenvalue weighted by Crippen LogP contribution is -2.49. The Morgan fingerprint density at radius 1 is 1.50 bits per heavy atom. The number of amides is 2. The maximum Gasteiger partial charge on any atom is 0.267 e. The standard InChI is InChI=1S/C12H20N4O2/c1-8-7-9(5-6-16(8)2)13-12(18)10-3-4-11(17)15-14-10/h8-9H,3-7H2,1-2H3,(H,13,18)(H,15,17). The number of carbonyl (C=O) groups excluding carboxylic acids is 2. The summed E-state index contributed by atoms with van der Waals surface area (Å²) in [7, 11) is 2.10. The normalized spacial score (nSPS) is 29.4. The van der Waals surface area contributed by atoms with Crippen molar-refractivity contribution in [2.45, 2.75) is 44.7 Å². The number of hydrogen-bond donors (Lipinski definition) is 2. The number of hydrazone groups is 1. The number of piperidine rings is 1. The van der Waals surface area contributed by atoms with Crippen LogP contribution in [0.3, 0.4) is 0 Å². The van der Waals surface area contributed by atoms with E-state index in [0.29, 0.717) is 24.6 Å². The molecule has 6 nitrogen and oxygen atoms in total. The molecule has 2 aliphatic heterocycles. The summed E-state index contributed by atoms with van der Waals surface area (Å²) in [6.45, 7) is 3.16. The minimum atomic E-state index is -0.142. The first-order chi connectivity index (χ1) is 8.56. The third-order valence-electron chi connectivity index (χ3n) is 3.71. The third kappa shape index (κ3) is 3.07. The van der Waals surface area contributed by atoms with E-state index in [1.807, 2.05) is 0 Å². The fraction of sp³-hybridized carbons (Fsp3) is 0.750. The van der Waals surface area contributed by atoms with Crippen LogP contribution in [0.25, 0.3) is 0 Å². The molecule has 18 heavy (non-hydrogen) atoms. The average Bonchev–Trinajstić information content (AvgIpc) is 2.34. The Kier molecular flexibility index (Phi) is 3.96. The van der Waals surface area contributed by atoms with Crippen LogP contribution in [-0.4, -0.2) is 48.1 Å². The zero-order valence-corrected chi connectivity index (χ0v) is 10.9. The molecule has 2 rings (SSSR count). The maximum absolute atomic E-state index is 12.0. The highest BCUT2D eigenvalue weighted by molar-refractivity contribution is 6.39. The third-order valence-corrected chi connectivity index (χ3v) is 3.71. The summed E-state index contributed by atoms with van der Waals surface area (Å²) in [5, 5.41) is 6.81. The molecule has 0 saturated carbocycles. The number of nitrogens with zero attached hydrogens (tertiary/aromatic N) is 2. The van der Waals surface area contributed by atoms with Crippen molar-refractivity contribution in [1.82, 2.24) is 15.6 Å². The summed E-state index contributed by atoms with van der Waals surface area (Å²) >= 11 is 0. The lowest BCUT2D eigenvalue weighted by atomic mass is 9.98. The van der Waals surface area contributed by atoms with Crippen LogP contribution in [0.4, 0.5) is 0 Å². The van der Waals surface area contributed by atoms with Gasteiger partial charge in [0.1, 0.15) is 5.71 Å². The minimum Gasteiger partial charge on any atom is -0.348 e. The second-order valence-corrected chi connectivity index (χ2v) is 5.12. The Balaban J connectivity index is 1.86. The van der Waals surface area contributed by atoms with E-state index >= 15 is 0 Å². The second kappa shape index (κ2) is 5.48.